The first-order chi connectivity index (χ1) is 12.1. The van der Waals surface area contributed by atoms with Gasteiger partial charge in [0.1, 0.15) is 5.82 Å². The Morgan fingerprint density at radius 1 is 1.16 bits per heavy atom. The van der Waals surface area contributed by atoms with E-state index < -0.39 is 11.7 Å². The van der Waals surface area contributed by atoms with Crippen molar-refractivity contribution in [3.63, 3.8) is 0 Å². The van der Waals surface area contributed by atoms with Crippen LogP contribution in [0.5, 0.6) is 0 Å². The monoisotopic (exact) mass is 333 g/mol. The molecule has 1 aliphatic heterocycles. The van der Waals surface area contributed by atoms with Crippen LogP contribution in [0.15, 0.2) is 67.3 Å². The van der Waals surface area contributed by atoms with Crippen LogP contribution in [0, 0.1) is 5.82 Å². The zero-order chi connectivity index (χ0) is 17.4. The highest BCUT2D eigenvalue weighted by Gasteiger charge is 2.25. The summed E-state index contributed by atoms with van der Waals surface area (Å²) in [5.41, 5.74) is 2.37. The van der Waals surface area contributed by atoms with E-state index >= 15 is 0 Å². The van der Waals surface area contributed by atoms with E-state index in [1.807, 2.05) is 4.57 Å². The molecule has 2 aromatic carbocycles. The summed E-state index contributed by atoms with van der Waals surface area (Å²) < 4.78 is 15.3. The van der Waals surface area contributed by atoms with E-state index in [0.717, 1.165) is 5.69 Å². The van der Waals surface area contributed by atoms with E-state index in [-0.39, 0.29) is 11.4 Å². The number of hydrogen-bond donors (Lipinski definition) is 1. The van der Waals surface area contributed by atoms with Crippen molar-refractivity contribution in [3.05, 3.63) is 84.2 Å². The third-order valence-corrected chi connectivity index (χ3v) is 3.99. The maximum atomic E-state index is 13.4. The highest BCUT2D eigenvalue weighted by molar-refractivity contribution is 6.35. The zero-order valence-electron chi connectivity index (χ0n) is 12.9. The predicted octanol–water partition coefficient (Wildman–Crippen LogP) is 3.23. The molecule has 0 saturated carbocycles. The summed E-state index contributed by atoms with van der Waals surface area (Å²) in [5.74, 6) is -1.19. The smallest absolute Gasteiger partial charge is 0.256 e. The number of rotatable bonds is 3. The SMILES string of the molecule is O=C1Nc2ccc(F)cc2/C1=C\C(=O)c1ccc(-n2ccnc2)cc1. The fourth-order valence-corrected chi connectivity index (χ4v) is 2.73. The molecule has 0 bridgehead atoms. The van der Waals surface area contributed by atoms with E-state index in [2.05, 4.69) is 10.3 Å². The molecule has 122 valence electrons. The molecule has 4 rings (SSSR count). The summed E-state index contributed by atoms with van der Waals surface area (Å²) in [6, 6.07) is 10.9. The number of aromatic nitrogens is 2. The highest BCUT2D eigenvalue weighted by atomic mass is 19.1. The lowest BCUT2D eigenvalue weighted by Crippen LogP contribution is -2.06. The van der Waals surface area contributed by atoms with Crippen molar-refractivity contribution in [1.29, 1.82) is 0 Å². The maximum Gasteiger partial charge on any atom is 0.256 e. The summed E-state index contributed by atoms with van der Waals surface area (Å²) in [7, 11) is 0. The number of anilines is 1. The van der Waals surface area contributed by atoms with Gasteiger partial charge >= 0.3 is 0 Å². The topological polar surface area (TPSA) is 64.0 Å². The Kier molecular flexibility index (Phi) is 3.50. The fraction of sp³-hybridized carbons (Fsp3) is 0. The number of amides is 1. The number of hydrogen-bond acceptors (Lipinski definition) is 3. The molecule has 1 N–H and O–H groups in total. The van der Waals surface area contributed by atoms with Gasteiger partial charge in [0.2, 0.25) is 0 Å². The van der Waals surface area contributed by atoms with Crippen LogP contribution >= 0.6 is 0 Å². The predicted molar refractivity (Wildman–Crippen MR) is 90.9 cm³/mol. The van der Waals surface area contributed by atoms with E-state index in [1.54, 1.807) is 43.0 Å². The molecule has 0 saturated heterocycles. The van der Waals surface area contributed by atoms with Crippen molar-refractivity contribution >= 4 is 23.0 Å². The van der Waals surface area contributed by atoms with Crippen LogP contribution in [-0.4, -0.2) is 21.2 Å². The van der Waals surface area contributed by atoms with Crippen LogP contribution in [0.4, 0.5) is 10.1 Å². The fourth-order valence-electron chi connectivity index (χ4n) is 2.73. The number of allylic oxidation sites excluding steroid dienone is 1. The van der Waals surface area contributed by atoms with Gasteiger partial charge in [-0.25, -0.2) is 9.37 Å². The molecule has 1 amide bonds. The molecule has 0 atom stereocenters. The van der Waals surface area contributed by atoms with Gasteiger partial charge in [0.05, 0.1) is 11.9 Å². The molecule has 25 heavy (non-hydrogen) atoms. The molecule has 2 heterocycles. The molecule has 1 aromatic heterocycles. The molecule has 0 unspecified atom stereocenters. The summed E-state index contributed by atoms with van der Waals surface area (Å²) in [6.45, 7) is 0. The lowest BCUT2D eigenvalue weighted by Gasteiger charge is -2.03. The van der Waals surface area contributed by atoms with E-state index in [1.165, 1.54) is 24.3 Å². The number of fused-ring (bicyclic) bond motifs is 1. The van der Waals surface area contributed by atoms with Gasteiger partial charge in [0.25, 0.3) is 5.91 Å². The average molecular weight is 333 g/mol. The molecule has 6 heteroatoms. The standard InChI is InChI=1S/C19H12FN3O2/c20-13-3-6-17-15(9-13)16(19(25)22-17)10-18(24)12-1-4-14(5-2-12)23-8-7-21-11-23/h1-11H,(H,22,25)/b16-10+. The number of nitrogens with zero attached hydrogens (tertiary/aromatic N) is 2. The molecule has 1 aliphatic rings. The molecule has 0 aliphatic carbocycles. The van der Waals surface area contributed by atoms with E-state index in [0.29, 0.717) is 16.8 Å². The van der Waals surface area contributed by atoms with Crippen LogP contribution in [0.25, 0.3) is 11.3 Å². The van der Waals surface area contributed by atoms with Crippen molar-refractivity contribution < 1.29 is 14.0 Å². The van der Waals surface area contributed by atoms with Gasteiger partial charge in [-0.3, -0.25) is 9.59 Å². The van der Waals surface area contributed by atoms with Crippen LogP contribution < -0.4 is 5.32 Å². The second-order valence-corrected chi connectivity index (χ2v) is 5.58. The van der Waals surface area contributed by atoms with Gasteiger partial charge in [0, 0.05) is 34.9 Å². The Morgan fingerprint density at radius 3 is 2.68 bits per heavy atom. The number of imidazole rings is 1. The molecule has 0 radical (unpaired) electrons. The van der Waals surface area contributed by atoms with Gasteiger partial charge < -0.3 is 9.88 Å². The highest BCUT2D eigenvalue weighted by Crippen LogP contribution is 2.32. The first-order valence-corrected chi connectivity index (χ1v) is 7.57. The minimum absolute atomic E-state index is 0.165. The quantitative estimate of drug-likeness (QED) is 0.591. The van der Waals surface area contributed by atoms with E-state index in [9.17, 15) is 14.0 Å². The molecule has 5 nitrogen and oxygen atoms in total. The minimum atomic E-state index is -0.460. The Labute approximate surface area is 142 Å². The molecule has 0 fully saturated rings. The maximum absolute atomic E-state index is 13.4. The van der Waals surface area contributed by atoms with Gasteiger partial charge in [-0.2, -0.15) is 0 Å². The van der Waals surface area contributed by atoms with Gasteiger partial charge in [0.15, 0.2) is 5.78 Å². The second kappa shape index (κ2) is 5.83. The molecular weight excluding hydrogens is 321 g/mol. The Balaban J connectivity index is 1.65. The van der Waals surface area contributed by atoms with Gasteiger partial charge in [-0.15, -0.1) is 0 Å². The van der Waals surface area contributed by atoms with Crippen molar-refractivity contribution in [3.8, 4) is 5.69 Å². The van der Waals surface area contributed by atoms with Crippen molar-refractivity contribution in [2.45, 2.75) is 0 Å². The molecular formula is C19H12FN3O2. The summed E-state index contributed by atoms with van der Waals surface area (Å²) in [4.78, 5) is 28.5. The number of halogens is 1. The summed E-state index contributed by atoms with van der Waals surface area (Å²) in [6.07, 6.45) is 6.37. The summed E-state index contributed by atoms with van der Waals surface area (Å²) >= 11 is 0. The van der Waals surface area contributed by atoms with E-state index in [4.69, 9.17) is 0 Å². The number of carbonyl (C=O) groups is 2. The molecule has 3 aromatic rings. The van der Waals surface area contributed by atoms with Gasteiger partial charge in [-0.05, 0) is 48.5 Å². The number of ketones is 1. The van der Waals surface area contributed by atoms with Crippen LogP contribution in [-0.2, 0) is 4.79 Å². The van der Waals surface area contributed by atoms with Crippen LogP contribution in [0.3, 0.4) is 0 Å². The van der Waals surface area contributed by atoms with Crippen LogP contribution in [0.2, 0.25) is 0 Å². The molecule has 0 spiro atoms. The minimum Gasteiger partial charge on any atom is -0.321 e. The largest absolute Gasteiger partial charge is 0.321 e. The van der Waals surface area contributed by atoms with Crippen molar-refractivity contribution in [1.82, 2.24) is 9.55 Å². The number of benzene rings is 2. The lowest BCUT2D eigenvalue weighted by molar-refractivity contribution is -0.110. The Morgan fingerprint density at radius 2 is 1.96 bits per heavy atom. The zero-order valence-corrected chi connectivity index (χ0v) is 12.9. The number of carbonyl (C=O) groups excluding carboxylic acids is 2. The Bertz CT molecular complexity index is 1010. The van der Waals surface area contributed by atoms with Gasteiger partial charge in [-0.1, -0.05) is 0 Å². The lowest BCUT2D eigenvalue weighted by atomic mass is 10.0. The third kappa shape index (κ3) is 2.74. The Hall–Kier alpha value is -3.54. The third-order valence-electron chi connectivity index (χ3n) is 3.99. The van der Waals surface area contributed by atoms with Crippen molar-refractivity contribution in [2.24, 2.45) is 0 Å². The second-order valence-electron chi connectivity index (χ2n) is 5.58. The first kappa shape index (κ1) is 15.0. The van der Waals surface area contributed by atoms with Crippen LogP contribution in [0.1, 0.15) is 15.9 Å². The first-order valence-electron chi connectivity index (χ1n) is 7.57. The normalized spacial score (nSPS) is 14.4. The average Bonchev–Trinajstić information content (AvgIpc) is 3.24. The number of nitrogens with one attached hydrogen (secondary N) is 1. The summed E-state index contributed by atoms with van der Waals surface area (Å²) in [5, 5.41) is 2.62. The van der Waals surface area contributed by atoms with Crippen molar-refractivity contribution in [2.75, 3.05) is 5.32 Å².